The lowest BCUT2D eigenvalue weighted by Crippen LogP contribution is -2.30. The van der Waals surface area contributed by atoms with E-state index < -0.39 is 17.7 Å². The van der Waals surface area contributed by atoms with Gasteiger partial charge in [-0.3, -0.25) is 9.59 Å². The fourth-order valence-electron chi connectivity index (χ4n) is 4.47. The van der Waals surface area contributed by atoms with Crippen molar-refractivity contribution in [3.05, 3.63) is 75.3 Å². The van der Waals surface area contributed by atoms with E-state index in [1.54, 1.807) is 17.0 Å². The molecule has 1 N–H and O–H groups in total. The quantitative estimate of drug-likeness (QED) is 0.395. The highest BCUT2D eigenvalue weighted by molar-refractivity contribution is 6.46. The Labute approximate surface area is 182 Å². The number of aryl methyl sites for hydroxylation is 2. The fraction of sp³-hybridized carbons (Fsp3) is 0.360. The van der Waals surface area contributed by atoms with Crippen molar-refractivity contribution in [2.24, 2.45) is 0 Å². The van der Waals surface area contributed by atoms with E-state index in [2.05, 4.69) is 0 Å². The molecular formula is C25H26ClNO3. The molecule has 0 radical (unpaired) electrons. The van der Waals surface area contributed by atoms with E-state index in [0.29, 0.717) is 17.1 Å². The summed E-state index contributed by atoms with van der Waals surface area (Å²) in [5.41, 5.74) is 4.05. The molecule has 0 bridgehead atoms. The van der Waals surface area contributed by atoms with E-state index in [-0.39, 0.29) is 11.3 Å². The zero-order chi connectivity index (χ0) is 21.3. The molecule has 1 amide bonds. The predicted octanol–water partition coefficient (Wildman–Crippen LogP) is 5.44. The number of fused-ring (bicyclic) bond motifs is 1. The largest absolute Gasteiger partial charge is 0.507 e. The zero-order valence-electron chi connectivity index (χ0n) is 17.2. The van der Waals surface area contributed by atoms with Crippen LogP contribution < -0.4 is 0 Å². The SMILES string of the molecule is CCCCN1C(=O)C(=O)/C(=C(\O)c2ccc3c(c2)CCCC3)C1c1ccc(Cl)cc1. The standard InChI is InChI=1S/C25H26ClNO3/c1-2-3-14-27-22(17-10-12-20(26)13-11-17)21(24(29)25(27)30)23(28)19-9-8-16-6-4-5-7-18(16)15-19/h8-13,15,22,28H,2-7,14H2,1H3/b23-21-. The molecule has 2 aromatic carbocycles. The molecule has 1 unspecified atom stereocenters. The third kappa shape index (κ3) is 3.77. The van der Waals surface area contributed by atoms with Crippen molar-refractivity contribution in [3.63, 3.8) is 0 Å². The first-order chi connectivity index (χ1) is 14.5. The first-order valence-electron chi connectivity index (χ1n) is 10.7. The molecule has 30 heavy (non-hydrogen) atoms. The summed E-state index contributed by atoms with van der Waals surface area (Å²) in [6.45, 7) is 2.51. The third-order valence-corrected chi connectivity index (χ3v) is 6.35. The Bertz CT molecular complexity index is 1010. The van der Waals surface area contributed by atoms with Gasteiger partial charge in [-0.2, -0.15) is 0 Å². The van der Waals surface area contributed by atoms with Gasteiger partial charge >= 0.3 is 0 Å². The normalized spacial score (nSPS) is 20.5. The van der Waals surface area contributed by atoms with Gasteiger partial charge in [-0.25, -0.2) is 0 Å². The van der Waals surface area contributed by atoms with E-state index in [9.17, 15) is 14.7 Å². The number of carbonyl (C=O) groups is 2. The number of unbranched alkanes of at least 4 members (excludes halogenated alkanes) is 1. The smallest absolute Gasteiger partial charge is 0.295 e. The number of aliphatic hydroxyl groups excluding tert-OH is 1. The molecule has 0 spiro atoms. The van der Waals surface area contributed by atoms with Crippen molar-refractivity contribution >= 4 is 29.1 Å². The summed E-state index contributed by atoms with van der Waals surface area (Å²) in [5.74, 6) is -1.27. The first kappa shape index (κ1) is 20.7. The van der Waals surface area contributed by atoms with Gasteiger partial charge < -0.3 is 10.0 Å². The van der Waals surface area contributed by atoms with Crippen molar-refractivity contribution in [1.82, 2.24) is 4.90 Å². The zero-order valence-corrected chi connectivity index (χ0v) is 17.9. The number of hydrogen-bond acceptors (Lipinski definition) is 3. The molecule has 5 heteroatoms. The molecule has 1 heterocycles. The Morgan fingerprint density at radius 2 is 1.77 bits per heavy atom. The summed E-state index contributed by atoms with van der Waals surface area (Å²) in [4.78, 5) is 27.4. The minimum Gasteiger partial charge on any atom is -0.507 e. The summed E-state index contributed by atoms with van der Waals surface area (Å²) in [6, 6.07) is 12.4. The van der Waals surface area contributed by atoms with Crippen LogP contribution in [0.15, 0.2) is 48.0 Å². The number of benzene rings is 2. The Morgan fingerprint density at radius 3 is 2.47 bits per heavy atom. The molecule has 0 saturated carbocycles. The molecule has 4 nitrogen and oxygen atoms in total. The number of Topliss-reactive ketones (excluding diaryl/α,β-unsaturated/α-hetero) is 1. The van der Waals surface area contributed by atoms with Gasteiger partial charge in [0.05, 0.1) is 11.6 Å². The number of nitrogens with zero attached hydrogens (tertiary/aromatic N) is 1. The molecule has 1 aliphatic carbocycles. The van der Waals surface area contributed by atoms with Crippen LogP contribution in [0.4, 0.5) is 0 Å². The van der Waals surface area contributed by atoms with E-state index in [4.69, 9.17) is 11.6 Å². The molecular weight excluding hydrogens is 398 g/mol. The van der Waals surface area contributed by atoms with E-state index >= 15 is 0 Å². The van der Waals surface area contributed by atoms with Gasteiger partial charge in [0.1, 0.15) is 5.76 Å². The van der Waals surface area contributed by atoms with Crippen LogP contribution in [0.5, 0.6) is 0 Å². The molecule has 156 valence electrons. The molecule has 1 saturated heterocycles. The molecule has 1 aliphatic heterocycles. The second-order valence-corrected chi connectivity index (χ2v) is 8.52. The average molecular weight is 424 g/mol. The van der Waals surface area contributed by atoms with Crippen LogP contribution in [-0.4, -0.2) is 28.2 Å². The summed E-state index contributed by atoms with van der Waals surface area (Å²) >= 11 is 6.05. The lowest BCUT2D eigenvalue weighted by atomic mass is 9.88. The van der Waals surface area contributed by atoms with Crippen LogP contribution in [0, 0.1) is 0 Å². The van der Waals surface area contributed by atoms with Gasteiger partial charge in [-0.1, -0.05) is 49.2 Å². The van der Waals surface area contributed by atoms with Crippen molar-refractivity contribution in [3.8, 4) is 0 Å². The van der Waals surface area contributed by atoms with Crippen LogP contribution in [0.25, 0.3) is 5.76 Å². The van der Waals surface area contributed by atoms with Gasteiger partial charge in [0, 0.05) is 17.1 Å². The molecule has 2 aliphatic rings. The van der Waals surface area contributed by atoms with E-state index in [0.717, 1.165) is 37.7 Å². The lowest BCUT2D eigenvalue weighted by molar-refractivity contribution is -0.139. The number of likely N-dealkylation sites (tertiary alicyclic amines) is 1. The first-order valence-corrected chi connectivity index (χ1v) is 11.0. The second-order valence-electron chi connectivity index (χ2n) is 8.09. The maximum Gasteiger partial charge on any atom is 0.295 e. The summed E-state index contributed by atoms with van der Waals surface area (Å²) < 4.78 is 0. The fourth-order valence-corrected chi connectivity index (χ4v) is 4.59. The van der Waals surface area contributed by atoms with Crippen molar-refractivity contribution < 1.29 is 14.7 Å². The number of hydrogen-bond donors (Lipinski definition) is 1. The summed E-state index contributed by atoms with van der Waals surface area (Å²) in [5, 5.41) is 11.8. The number of carbonyl (C=O) groups excluding carboxylic acids is 2. The second kappa shape index (κ2) is 8.65. The average Bonchev–Trinajstić information content (AvgIpc) is 3.02. The van der Waals surface area contributed by atoms with Gasteiger partial charge in [-0.05, 0) is 67.0 Å². The van der Waals surface area contributed by atoms with Crippen LogP contribution >= 0.6 is 11.6 Å². The molecule has 1 fully saturated rings. The number of aliphatic hydroxyl groups is 1. The number of rotatable bonds is 5. The predicted molar refractivity (Wildman–Crippen MR) is 118 cm³/mol. The lowest BCUT2D eigenvalue weighted by Gasteiger charge is -2.25. The third-order valence-electron chi connectivity index (χ3n) is 6.10. The van der Waals surface area contributed by atoms with Crippen LogP contribution in [-0.2, 0) is 22.4 Å². The molecule has 1 atom stereocenters. The maximum absolute atomic E-state index is 13.0. The topological polar surface area (TPSA) is 57.6 Å². The molecule has 4 rings (SSSR count). The van der Waals surface area contributed by atoms with Crippen molar-refractivity contribution in [2.75, 3.05) is 6.54 Å². The van der Waals surface area contributed by atoms with Gasteiger partial charge in [0.2, 0.25) is 0 Å². The Morgan fingerprint density at radius 1 is 1.07 bits per heavy atom. The Kier molecular flexibility index (Phi) is 5.96. The van der Waals surface area contributed by atoms with Crippen molar-refractivity contribution in [2.45, 2.75) is 51.5 Å². The monoisotopic (exact) mass is 423 g/mol. The van der Waals surface area contributed by atoms with Crippen LogP contribution in [0.3, 0.4) is 0 Å². The van der Waals surface area contributed by atoms with E-state index in [1.165, 1.54) is 17.5 Å². The highest BCUT2D eigenvalue weighted by Gasteiger charge is 2.45. The van der Waals surface area contributed by atoms with Crippen LogP contribution in [0.1, 0.15) is 60.9 Å². The van der Waals surface area contributed by atoms with Crippen LogP contribution in [0.2, 0.25) is 5.02 Å². The van der Waals surface area contributed by atoms with Gasteiger partial charge in [0.25, 0.3) is 11.7 Å². The Hall–Kier alpha value is -2.59. The number of halogens is 1. The summed E-state index contributed by atoms with van der Waals surface area (Å²) in [7, 11) is 0. The summed E-state index contributed by atoms with van der Waals surface area (Å²) in [6.07, 6.45) is 6.02. The molecule has 2 aromatic rings. The van der Waals surface area contributed by atoms with Gasteiger partial charge in [0.15, 0.2) is 0 Å². The Balaban J connectivity index is 1.82. The minimum absolute atomic E-state index is 0.0966. The maximum atomic E-state index is 13.0. The minimum atomic E-state index is -0.624. The highest BCUT2D eigenvalue weighted by Crippen LogP contribution is 2.40. The van der Waals surface area contributed by atoms with Gasteiger partial charge in [-0.15, -0.1) is 0 Å². The van der Waals surface area contributed by atoms with E-state index in [1.807, 2.05) is 37.3 Å². The highest BCUT2D eigenvalue weighted by atomic mass is 35.5. The molecule has 0 aromatic heterocycles. The van der Waals surface area contributed by atoms with Crippen molar-refractivity contribution in [1.29, 1.82) is 0 Å². The number of ketones is 1. The number of amides is 1.